The van der Waals surface area contributed by atoms with Crippen molar-refractivity contribution in [3.63, 3.8) is 0 Å². The summed E-state index contributed by atoms with van der Waals surface area (Å²) in [6.45, 7) is 2.02. The molecule has 1 aliphatic rings. The topological polar surface area (TPSA) is 38.7 Å². The summed E-state index contributed by atoms with van der Waals surface area (Å²) >= 11 is 5.69. The third-order valence-corrected chi connectivity index (χ3v) is 5.51. The van der Waals surface area contributed by atoms with Crippen molar-refractivity contribution in [3.05, 3.63) is 72.9 Å². The first-order chi connectivity index (χ1) is 10.5. The van der Waals surface area contributed by atoms with Gasteiger partial charge in [-0.15, -0.1) is 0 Å². The summed E-state index contributed by atoms with van der Waals surface area (Å²) in [4.78, 5) is 16.3. The van der Waals surface area contributed by atoms with Crippen molar-refractivity contribution in [2.75, 3.05) is 0 Å². The lowest BCUT2D eigenvalue weighted by molar-refractivity contribution is -0.129. The van der Waals surface area contributed by atoms with Gasteiger partial charge in [-0.2, -0.15) is 0 Å². The summed E-state index contributed by atoms with van der Waals surface area (Å²) in [6.07, 6.45) is 1.73. The van der Waals surface area contributed by atoms with Gasteiger partial charge in [0.05, 0.1) is 0 Å². The van der Waals surface area contributed by atoms with Crippen LogP contribution in [-0.2, 0) is 9.53 Å². The van der Waals surface area contributed by atoms with E-state index in [0.29, 0.717) is 11.6 Å². The molecule has 110 valence electrons. The summed E-state index contributed by atoms with van der Waals surface area (Å²) < 4.78 is 7.30. The maximum atomic E-state index is 12.0. The Morgan fingerprint density at radius 2 is 1.91 bits per heavy atom. The van der Waals surface area contributed by atoms with Crippen LogP contribution in [0.2, 0.25) is 0 Å². The molecule has 0 saturated carbocycles. The van der Waals surface area contributed by atoms with E-state index in [1.54, 1.807) is 6.08 Å². The highest BCUT2D eigenvalue weighted by Gasteiger charge is 2.24. The van der Waals surface area contributed by atoms with Crippen molar-refractivity contribution in [2.45, 2.75) is 6.92 Å². The minimum Gasteiger partial charge on any atom is -0.402 e. The van der Waals surface area contributed by atoms with Gasteiger partial charge in [0.25, 0.3) is 0 Å². The van der Waals surface area contributed by atoms with Crippen LogP contribution in [0.15, 0.2) is 57.6 Å². The number of hydrogen-bond acceptors (Lipinski definition) is 3. The van der Waals surface area contributed by atoms with Crippen molar-refractivity contribution in [1.29, 1.82) is 0 Å². The maximum Gasteiger partial charge on any atom is 0.363 e. The maximum absolute atomic E-state index is 12.0. The molecule has 0 amide bonds. The van der Waals surface area contributed by atoms with E-state index in [4.69, 9.17) is 4.74 Å². The first kappa shape index (κ1) is 15.4. The Bertz CT molecular complexity index is 810. The third kappa shape index (κ3) is 3.30. The zero-order valence-electron chi connectivity index (χ0n) is 11.6. The van der Waals surface area contributed by atoms with Gasteiger partial charge >= 0.3 is 5.97 Å². The lowest BCUT2D eigenvalue weighted by Gasteiger charge is -2.01. The van der Waals surface area contributed by atoms with Crippen molar-refractivity contribution >= 4 is 56.5 Å². The Kier molecular flexibility index (Phi) is 4.44. The molecule has 0 aromatic heterocycles. The predicted molar refractivity (Wildman–Crippen MR) is 98.6 cm³/mol. The second kappa shape index (κ2) is 6.34. The fourth-order valence-electron chi connectivity index (χ4n) is 1.98. The number of aryl methyl sites for hydroxylation is 1. The van der Waals surface area contributed by atoms with Gasteiger partial charge < -0.3 is 4.74 Å². The second-order valence-electron chi connectivity index (χ2n) is 4.88. The fourth-order valence-corrected chi connectivity index (χ4v) is 2.70. The highest BCUT2D eigenvalue weighted by Crippen LogP contribution is 2.24. The number of carbonyl (C=O) groups excluding carboxylic acids is 1. The molecule has 1 heterocycles. The number of carbonyl (C=O) groups is 1. The molecule has 0 aliphatic carbocycles. The first-order valence-corrected chi connectivity index (χ1v) is 8.45. The Morgan fingerprint density at radius 3 is 2.59 bits per heavy atom. The molecule has 22 heavy (non-hydrogen) atoms. The first-order valence-electron chi connectivity index (χ1n) is 6.57. The van der Waals surface area contributed by atoms with Crippen LogP contribution in [0.4, 0.5) is 0 Å². The second-order valence-corrected chi connectivity index (χ2v) is 6.89. The monoisotopic (exact) mass is 467 g/mol. The highest BCUT2D eigenvalue weighted by molar-refractivity contribution is 14.1. The van der Waals surface area contributed by atoms with Gasteiger partial charge in [0.1, 0.15) is 0 Å². The number of aliphatic imine (C=N–C) groups is 1. The quantitative estimate of drug-likeness (QED) is 0.364. The van der Waals surface area contributed by atoms with E-state index >= 15 is 0 Å². The Balaban J connectivity index is 1.94. The number of nitrogens with zero attached hydrogens (tertiary/aromatic N) is 1. The summed E-state index contributed by atoms with van der Waals surface area (Å²) in [5, 5.41) is 0. The van der Waals surface area contributed by atoms with E-state index in [-0.39, 0.29) is 0 Å². The molecule has 0 N–H and O–H groups in total. The summed E-state index contributed by atoms with van der Waals surface area (Å²) in [7, 11) is 0. The molecule has 1 aliphatic heterocycles. The van der Waals surface area contributed by atoms with Gasteiger partial charge in [-0.3, -0.25) is 0 Å². The molecule has 0 radical (unpaired) electrons. The fraction of sp³-hybridized carbons (Fsp3) is 0.0588. The van der Waals surface area contributed by atoms with Crippen LogP contribution >= 0.6 is 38.5 Å². The van der Waals surface area contributed by atoms with Gasteiger partial charge in [-0.05, 0) is 75.3 Å². The molecule has 2 aromatic rings. The number of halogens is 2. The minimum atomic E-state index is -0.426. The van der Waals surface area contributed by atoms with E-state index in [0.717, 1.165) is 19.2 Å². The zero-order valence-corrected chi connectivity index (χ0v) is 15.4. The van der Waals surface area contributed by atoms with Crippen LogP contribution < -0.4 is 0 Å². The van der Waals surface area contributed by atoms with Crippen molar-refractivity contribution < 1.29 is 9.53 Å². The molecule has 0 bridgehead atoms. The van der Waals surface area contributed by atoms with E-state index < -0.39 is 5.97 Å². The number of cyclic esters (lactones) is 1. The highest BCUT2D eigenvalue weighted by atomic mass is 127. The zero-order chi connectivity index (χ0) is 15.7. The van der Waals surface area contributed by atoms with Gasteiger partial charge in [0.2, 0.25) is 5.90 Å². The van der Waals surface area contributed by atoms with Crippen LogP contribution in [0.1, 0.15) is 16.7 Å². The molecule has 0 spiro atoms. The Labute approximate surface area is 150 Å². The smallest absolute Gasteiger partial charge is 0.363 e. The van der Waals surface area contributed by atoms with Crippen molar-refractivity contribution in [2.24, 2.45) is 4.99 Å². The van der Waals surface area contributed by atoms with E-state index in [1.165, 1.54) is 5.56 Å². The number of rotatable bonds is 2. The number of esters is 1. The van der Waals surface area contributed by atoms with E-state index in [1.807, 2.05) is 49.4 Å². The molecular weight excluding hydrogens is 457 g/mol. The van der Waals surface area contributed by atoms with Gasteiger partial charge in [0.15, 0.2) is 5.70 Å². The molecule has 0 saturated heterocycles. The van der Waals surface area contributed by atoms with Crippen molar-refractivity contribution in [3.8, 4) is 0 Å². The molecule has 0 atom stereocenters. The summed E-state index contributed by atoms with van der Waals surface area (Å²) in [5.74, 6) is -0.0919. The lowest BCUT2D eigenvalue weighted by Crippen LogP contribution is -2.05. The number of hydrogen-bond donors (Lipinski definition) is 0. The number of benzene rings is 2. The Morgan fingerprint density at radius 1 is 1.18 bits per heavy atom. The van der Waals surface area contributed by atoms with Crippen LogP contribution in [0, 0.1) is 10.5 Å². The largest absolute Gasteiger partial charge is 0.402 e. The standard InChI is InChI=1S/C17H11BrINO2/c1-10-2-4-11(5-3-10)8-15-17(21)22-16(20-15)12-6-7-14(19)13(18)9-12/h2-9H,1H3/b15-8-. The third-order valence-electron chi connectivity index (χ3n) is 3.17. The van der Waals surface area contributed by atoms with Crippen LogP contribution in [0.5, 0.6) is 0 Å². The van der Waals surface area contributed by atoms with Crippen LogP contribution in [-0.4, -0.2) is 11.9 Å². The van der Waals surface area contributed by atoms with Crippen molar-refractivity contribution in [1.82, 2.24) is 0 Å². The van der Waals surface area contributed by atoms with Gasteiger partial charge in [0, 0.05) is 13.6 Å². The average Bonchev–Trinajstić information content (AvgIpc) is 2.85. The number of ether oxygens (including phenoxy) is 1. The molecule has 3 rings (SSSR count). The van der Waals surface area contributed by atoms with Gasteiger partial charge in [-0.25, -0.2) is 9.79 Å². The lowest BCUT2D eigenvalue weighted by atomic mass is 10.1. The molecule has 0 fully saturated rings. The molecule has 0 unspecified atom stereocenters. The molecule has 2 aromatic carbocycles. The van der Waals surface area contributed by atoms with Crippen LogP contribution in [0.3, 0.4) is 0 Å². The average molecular weight is 468 g/mol. The van der Waals surface area contributed by atoms with E-state index in [9.17, 15) is 4.79 Å². The Hall–Kier alpha value is -1.47. The molecular formula is C17H11BrINO2. The summed E-state index contributed by atoms with van der Waals surface area (Å²) in [6, 6.07) is 13.6. The SMILES string of the molecule is Cc1ccc(/C=C2\N=C(c3ccc(I)c(Br)c3)OC2=O)cc1. The molecule has 3 nitrogen and oxygen atoms in total. The van der Waals surface area contributed by atoms with Crippen LogP contribution in [0.25, 0.3) is 6.08 Å². The summed E-state index contributed by atoms with van der Waals surface area (Å²) in [5.41, 5.74) is 3.18. The minimum absolute atomic E-state index is 0.313. The van der Waals surface area contributed by atoms with Gasteiger partial charge in [-0.1, -0.05) is 29.8 Å². The predicted octanol–water partition coefficient (Wildman–Crippen LogP) is 4.71. The van der Waals surface area contributed by atoms with E-state index in [2.05, 4.69) is 43.5 Å². The normalized spacial score (nSPS) is 15.9. The molecule has 5 heteroatoms.